The molecule has 0 bridgehead atoms. The van der Waals surface area contributed by atoms with Crippen LogP contribution in [-0.2, 0) is 9.59 Å². The Kier molecular flexibility index (Phi) is 4.28. The van der Waals surface area contributed by atoms with Crippen LogP contribution in [0.4, 0.5) is 4.79 Å². The summed E-state index contributed by atoms with van der Waals surface area (Å²) in [5.41, 5.74) is -1.01. The molecule has 0 radical (unpaired) electrons. The smallest absolute Gasteiger partial charge is 0.325 e. The molecule has 7 nitrogen and oxygen atoms in total. The molecule has 1 heterocycles. The van der Waals surface area contributed by atoms with Crippen molar-refractivity contribution in [2.75, 3.05) is 26.2 Å². The average Bonchev–Trinajstić information content (AvgIpc) is 2.56. The highest BCUT2D eigenvalue weighted by Crippen LogP contribution is 2.07. The number of aliphatic hydroxyl groups is 1. The lowest BCUT2D eigenvalue weighted by atomic mass is 10.1. The second-order valence-corrected chi connectivity index (χ2v) is 4.86. The maximum Gasteiger partial charge on any atom is 0.325 e. The number of urea groups is 1. The van der Waals surface area contributed by atoms with Gasteiger partial charge in [-0.3, -0.25) is 14.5 Å². The number of rotatable bonds is 5. The van der Waals surface area contributed by atoms with Gasteiger partial charge in [0.25, 0.3) is 5.91 Å². The van der Waals surface area contributed by atoms with E-state index < -0.39 is 17.5 Å². The van der Waals surface area contributed by atoms with E-state index in [-0.39, 0.29) is 25.5 Å². The van der Waals surface area contributed by atoms with Crippen molar-refractivity contribution in [3.63, 3.8) is 0 Å². The van der Waals surface area contributed by atoms with Crippen molar-refractivity contribution in [3.05, 3.63) is 0 Å². The highest BCUT2D eigenvalue weighted by molar-refractivity contribution is 6.04. The quantitative estimate of drug-likeness (QED) is 0.628. The van der Waals surface area contributed by atoms with Crippen molar-refractivity contribution in [1.29, 1.82) is 0 Å². The van der Waals surface area contributed by atoms with Gasteiger partial charge >= 0.3 is 6.03 Å². The Bertz CT molecular complexity index is 346. The molecule has 0 aromatic heterocycles. The second kappa shape index (κ2) is 5.34. The summed E-state index contributed by atoms with van der Waals surface area (Å²) >= 11 is 0. The largest absolute Gasteiger partial charge is 0.389 e. The third-order valence-electron chi connectivity index (χ3n) is 2.54. The van der Waals surface area contributed by atoms with Gasteiger partial charge in [0.05, 0.1) is 12.1 Å². The Morgan fingerprint density at radius 1 is 1.50 bits per heavy atom. The zero-order chi connectivity index (χ0) is 13.9. The first-order chi connectivity index (χ1) is 8.24. The van der Waals surface area contributed by atoms with Crippen LogP contribution < -0.4 is 5.32 Å². The molecule has 1 saturated heterocycles. The summed E-state index contributed by atoms with van der Waals surface area (Å²) in [6.45, 7) is 5.18. The number of amides is 4. The van der Waals surface area contributed by atoms with E-state index in [0.717, 1.165) is 4.90 Å². The minimum Gasteiger partial charge on any atom is -0.389 e. The molecular weight excluding hydrogens is 238 g/mol. The predicted molar refractivity (Wildman–Crippen MR) is 63.7 cm³/mol. The number of hydrogen-bond acceptors (Lipinski definition) is 4. The van der Waals surface area contributed by atoms with Gasteiger partial charge < -0.3 is 15.3 Å². The maximum atomic E-state index is 11.9. The molecule has 1 rings (SSSR count). The van der Waals surface area contributed by atoms with E-state index >= 15 is 0 Å². The zero-order valence-corrected chi connectivity index (χ0v) is 10.9. The molecule has 1 fully saturated rings. The molecule has 1 aliphatic heterocycles. The molecular formula is C11H19N3O4. The maximum absolute atomic E-state index is 11.9. The van der Waals surface area contributed by atoms with Crippen molar-refractivity contribution >= 4 is 17.8 Å². The first-order valence-corrected chi connectivity index (χ1v) is 5.83. The van der Waals surface area contributed by atoms with Crippen molar-refractivity contribution in [2.45, 2.75) is 26.4 Å². The Morgan fingerprint density at radius 3 is 2.50 bits per heavy atom. The Labute approximate surface area is 106 Å². The fourth-order valence-corrected chi connectivity index (χ4v) is 1.69. The number of hydrogen-bond donors (Lipinski definition) is 2. The van der Waals surface area contributed by atoms with Gasteiger partial charge in [-0.15, -0.1) is 0 Å². The molecule has 102 valence electrons. The molecule has 0 aliphatic carbocycles. The predicted octanol–water partition coefficient (Wildman–Crippen LogP) is -0.842. The summed E-state index contributed by atoms with van der Waals surface area (Å²) in [7, 11) is 0. The van der Waals surface area contributed by atoms with E-state index in [4.69, 9.17) is 0 Å². The molecule has 0 saturated carbocycles. The van der Waals surface area contributed by atoms with Crippen LogP contribution in [0.3, 0.4) is 0 Å². The number of carbonyl (C=O) groups is 3. The standard InChI is InChI=1S/C11H19N3O4/c1-4-13(7-11(2,3)18)9(16)6-14-8(15)5-12-10(14)17/h18H,4-7H2,1-3H3,(H,12,17). The normalized spacial score (nSPS) is 15.9. The van der Waals surface area contributed by atoms with Crippen LogP contribution in [0.2, 0.25) is 0 Å². The SMILES string of the molecule is CCN(CC(C)(C)O)C(=O)CN1C(=O)CNC1=O. The van der Waals surface area contributed by atoms with Gasteiger partial charge in [0.1, 0.15) is 6.54 Å². The molecule has 0 aromatic carbocycles. The lowest BCUT2D eigenvalue weighted by Crippen LogP contribution is -2.47. The number of carbonyl (C=O) groups excluding carboxylic acids is 3. The van der Waals surface area contributed by atoms with E-state index in [1.54, 1.807) is 20.8 Å². The Balaban J connectivity index is 2.62. The monoisotopic (exact) mass is 257 g/mol. The number of likely N-dealkylation sites (N-methyl/N-ethyl adjacent to an activating group) is 1. The summed E-state index contributed by atoms with van der Waals surface area (Å²) in [6, 6.07) is -0.548. The van der Waals surface area contributed by atoms with E-state index in [0.29, 0.717) is 6.54 Å². The van der Waals surface area contributed by atoms with Gasteiger partial charge in [-0.05, 0) is 20.8 Å². The van der Waals surface area contributed by atoms with E-state index in [2.05, 4.69) is 5.32 Å². The van der Waals surface area contributed by atoms with Crippen LogP contribution in [0.15, 0.2) is 0 Å². The van der Waals surface area contributed by atoms with E-state index in [9.17, 15) is 19.5 Å². The minimum atomic E-state index is -1.01. The topological polar surface area (TPSA) is 89.9 Å². The molecule has 2 N–H and O–H groups in total. The fourth-order valence-electron chi connectivity index (χ4n) is 1.69. The first-order valence-electron chi connectivity index (χ1n) is 5.83. The number of imide groups is 1. The van der Waals surface area contributed by atoms with Crippen LogP contribution in [0.25, 0.3) is 0 Å². The van der Waals surface area contributed by atoms with Gasteiger partial charge in [0.2, 0.25) is 5.91 Å². The fraction of sp³-hybridized carbons (Fsp3) is 0.727. The zero-order valence-electron chi connectivity index (χ0n) is 10.9. The van der Waals surface area contributed by atoms with Crippen LogP contribution in [0.5, 0.6) is 0 Å². The third-order valence-corrected chi connectivity index (χ3v) is 2.54. The summed E-state index contributed by atoms with van der Waals surface area (Å²) < 4.78 is 0. The van der Waals surface area contributed by atoms with E-state index in [1.165, 1.54) is 4.90 Å². The lowest BCUT2D eigenvalue weighted by Gasteiger charge is -2.29. The van der Waals surface area contributed by atoms with Gasteiger partial charge in [-0.2, -0.15) is 0 Å². The minimum absolute atomic E-state index is 0.0657. The molecule has 4 amide bonds. The molecule has 0 spiro atoms. The Hall–Kier alpha value is -1.63. The van der Waals surface area contributed by atoms with Gasteiger partial charge in [-0.25, -0.2) is 4.79 Å². The van der Waals surface area contributed by atoms with Crippen molar-refractivity contribution in [2.24, 2.45) is 0 Å². The number of nitrogens with one attached hydrogen (secondary N) is 1. The van der Waals surface area contributed by atoms with Gasteiger partial charge in [0.15, 0.2) is 0 Å². The van der Waals surface area contributed by atoms with Crippen molar-refractivity contribution < 1.29 is 19.5 Å². The molecule has 7 heteroatoms. The van der Waals surface area contributed by atoms with E-state index in [1.807, 2.05) is 0 Å². The molecule has 0 aromatic rings. The Morgan fingerprint density at radius 2 is 2.11 bits per heavy atom. The van der Waals surface area contributed by atoms with Crippen LogP contribution in [0.1, 0.15) is 20.8 Å². The second-order valence-electron chi connectivity index (χ2n) is 4.86. The summed E-state index contributed by atoms with van der Waals surface area (Å²) in [4.78, 5) is 36.9. The molecule has 0 unspecified atom stereocenters. The van der Waals surface area contributed by atoms with Crippen molar-refractivity contribution in [3.8, 4) is 0 Å². The van der Waals surface area contributed by atoms with Gasteiger partial charge in [-0.1, -0.05) is 0 Å². The molecule has 18 heavy (non-hydrogen) atoms. The first kappa shape index (κ1) is 14.4. The van der Waals surface area contributed by atoms with Crippen LogP contribution in [-0.4, -0.2) is 64.5 Å². The van der Waals surface area contributed by atoms with Gasteiger partial charge in [0, 0.05) is 13.1 Å². The number of nitrogens with zero attached hydrogens (tertiary/aromatic N) is 2. The summed E-state index contributed by atoms with van der Waals surface area (Å²) in [5.74, 6) is -0.766. The highest BCUT2D eigenvalue weighted by Gasteiger charge is 2.32. The highest BCUT2D eigenvalue weighted by atomic mass is 16.3. The molecule has 1 aliphatic rings. The summed E-state index contributed by atoms with van der Waals surface area (Å²) in [5, 5.41) is 12.0. The van der Waals surface area contributed by atoms with Crippen LogP contribution in [0, 0.1) is 0 Å². The van der Waals surface area contributed by atoms with Crippen LogP contribution >= 0.6 is 0 Å². The van der Waals surface area contributed by atoms with Crippen molar-refractivity contribution in [1.82, 2.24) is 15.1 Å². The molecule has 0 atom stereocenters. The third kappa shape index (κ3) is 3.69. The summed E-state index contributed by atoms with van der Waals surface area (Å²) in [6.07, 6.45) is 0. The lowest BCUT2D eigenvalue weighted by molar-refractivity contribution is -0.138. The average molecular weight is 257 g/mol.